The summed E-state index contributed by atoms with van der Waals surface area (Å²) < 4.78 is 5.24. The van der Waals surface area contributed by atoms with Gasteiger partial charge in [-0.2, -0.15) is 0 Å². The van der Waals surface area contributed by atoms with E-state index in [1.807, 2.05) is 14.0 Å². The Balaban J connectivity index is 3.44. The second-order valence-corrected chi connectivity index (χ2v) is 4.18. The van der Waals surface area contributed by atoms with Crippen LogP contribution in [0.1, 0.15) is 20.8 Å². The lowest BCUT2D eigenvalue weighted by molar-refractivity contribution is 0.0878. The van der Waals surface area contributed by atoms with E-state index < -0.39 is 0 Å². The Labute approximate surface area is 93.6 Å². The van der Waals surface area contributed by atoms with Crippen LogP contribution in [0.4, 0.5) is 0 Å². The smallest absolute Gasteiger partial charge is 0.0791 e. The lowest BCUT2D eigenvalue weighted by Gasteiger charge is -2.21. The standard InChI is InChI=1S/C11H26N2O2/c1-5-15-7-6-13(4)9-11(14)8-12-10(2)3/h10-12,14H,5-9H2,1-4H3. The van der Waals surface area contributed by atoms with Gasteiger partial charge in [-0.1, -0.05) is 13.8 Å². The van der Waals surface area contributed by atoms with Gasteiger partial charge < -0.3 is 20.1 Å². The van der Waals surface area contributed by atoms with Crippen molar-refractivity contribution in [2.45, 2.75) is 32.9 Å². The molecule has 0 aromatic rings. The quantitative estimate of drug-likeness (QED) is 0.547. The maximum absolute atomic E-state index is 9.68. The number of hydrogen-bond donors (Lipinski definition) is 2. The third kappa shape index (κ3) is 10.1. The Morgan fingerprint density at radius 2 is 2.07 bits per heavy atom. The molecular weight excluding hydrogens is 192 g/mol. The van der Waals surface area contributed by atoms with Gasteiger partial charge in [-0.25, -0.2) is 0 Å². The molecule has 1 atom stereocenters. The summed E-state index contributed by atoms with van der Waals surface area (Å²) in [5.41, 5.74) is 0. The zero-order chi connectivity index (χ0) is 11.7. The van der Waals surface area contributed by atoms with Crippen LogP contribution < -0.4 is 5.32 Å². The molecule has 0 aromatic carbocycles. The van der Waals surface area contributed by atoms with Gasteiger partial charge in [0.1, 0.15) is 0 Å². The lowest BCUT2D eigenvalue weighted by atomic mass is 10.3. The zero-order valence-corrected chi connectivity index (χ0v) is 10.5. The van der Waals surface area contributed by atoms with Crippen molar-refractivity contribution in [1.82, 2.24) is 10.2 Å². The van der Waals surface area contributed by atoms with Crippen LogP contribution in [0, 0.1) is 0 Å². The first-order valence-electron chi connectivity index (χ1n) is 5.74. The van der Waals surface area contributed by atoms with E-state index in [0.29, 0.717) is 19.1 Å². The number of nitrogens with zero attached hydrogens (tertiary/aromatic N) is 1. The van der Waals surface area contributed by atoms with Crippen molar-refractivity contribution in [3.63, 3.8) is 0 Å². The molecule has 0 saturated heterocycles. The number of nitrogens with one attached hydrogen (secondary N) is 1. The highest BCUT2D eigenvalue weighted by Crippen LogP contribution is 1.90. The summed E-state index contributed by atoms with van der Waals surface area (Å²) in [7, 11) is 2.00. The molecule has 4 heteroatoms. The Hall–Kier alpha value is -0.160. The second kappa shape index (κ2) is 9.09. The van der Waals surface area contributed by atoms with Crippen molar-refractivity contribution in [2.75, 3.05) is 39.9 Å². The van der Waals surface area contributed by atoms with Crippen LogP contribution >= 0.6 is 0 Å². The summed E-state index contributed by atoms with van der Waals surface area (Å²) in [5.74, 6) is 0. The molecule has 92 valence electrons. The van der Waals surface area contributed by atoms with Crippen LogP contribution in [-0.4, -0.2) is 62.0 Å². The van der Waals surface area contributed by atoms with E-state index in [1.165, 1.54) is 0 Å². The maximum Gasteiger partial charge on any atom is 0.0791 e. The molecule has 0 rings (SSSR count). The molecule has 4 nitrogen and oxygen atoms in total. The summed E-state index contributed by atoms with van der Waals surface area (Å²) in [6.45, 7) is 9.83. The summed E-state index contributed by atoms with van der Waals surface area (Å²) in [6.07, 6.45) is -0.306. The van der Waals surface area contributed by atoms with Crippen molar-refractivity contribution < 1.29 is 9.84 Å². The van der Waals surface area contributed by atoms with Crippen LogP contribution in [0.25, 0.3) is 0 Å². The van der Waals surface area contributed by atoms with Crippen LogP contribution in [0.2, 0.25) is 0 Å². The molecule has 0 saturated carbocycles. The fourth-order valence-corrected chi connectivity index (χ4v) is 1.25. The van der Waals surface area contributed by atoms with Gasteiger partial charge in [0.2, 0.25) is 0 Å². The van der Waals surface area contributed by atoms with Crippen LogP contribution in [-0.2, 0) is 4.74 Å². The molecule has 0 aromatic heterocycles. The largest absolute Gasteiger partial charge is 0.390 e. The van der Waals surface area contributed by atoms with Gasteiger partial charge in [-0.15, -0.1) is 0 Å². The fraction of sp³-hybridized carbons (Fsp3) is 1.00. The molecule has 2 N–H and O–H groups in total. The van der Waals surface area contributed by atoms with E-state index in [4.69, 9.17) is 4.74 Å². The minimum Gasteiger partial charge on any atom is -0.390 e. The van der Waals surface area contributed by atoms with Gasteiger partial charge in [0.15, 0.2) is 0 Å². The number of likely N-dealkylation sites (N-methyl/N-ethyl adjacent to an activating group) is 1. The summed E-state index contributed by atoms with van der Waals surface area (Å²) in [6, 6.07) is 0.424. The highest BCUT2D eigenvalue weighted by atomic mass is 16.5. The van der Waals surface area contributed by atoms with E-state index in [1.54, 1.807) is 0 Å². The molecule has 0 heterocycles. The Kier molecular flexibility index (Phi) is 9.00. The van der Waals surface area contributed by atoms with Crippen molar-refractivity contribution in [3.8, 4) is 0 Å². The van der Waals surface area contributed by atoms with E-state index in [9.17, 15) is 5.11 Å². The van der Waals surface area contributed by atoms with Crippen molar-refractivity contribution >= 4 is 0 Å². The molecule has 0 radical (unpaired) electrons. The van der Waals surface area contributed by atoms with Gasteiger partial charge in [0.05, 0.1) is 12.7 Å². The van der Waals surface area contributed by atoms with Crippen LogP contribution in [0.15, 0.2) is 0 Å². The average Bonchev–Trinajstić information content (AvgIpc) is 2.15. The van der Waals surface area contributed by atoms with Gasteiger partial charge in [0.25, 0.3) is 0 Å². The van der Waals surface area contributed by atoms with E-state index in [0.717, 1.165) is 19.8 Å². The average molecular weight is 218 g/mol. The molecule has 0 spiro atoms. The molecule has 1 unspecified atom stereocenters. The lowest BCUT2D eigenvalue weighted by Crippen LogP contribution is -2.39. The van der Waals surface area contributed by atoms with Crippen molar-refractivity contribution in [1.29, 1.82) is 0 Å². The molecule has 0 fully saturated rings. The van der Waals surface area contributed by atoms with Gasteiger partial charge in [0, 0.05) is 32.3 Å². The topological polar surface area (TPSA) is 44.7 Å². The first-order valence-corrected chi connectivity index (χ1v) is 5.74. The normalized spacial score (nSPS) is 13.8. The predicted molar refractivity (Wildman–Crippen MR) is 63.1 cm³/mol. The Morgan fingerprint density at radius 3 is 2.60 bits per heavy atom. The van der Waals surface area contributed by atoms with Gasteiger partial charge in [-0.3, -0.25) is 0 Å². The molecule has 15 heavy (non-hydrogen) atoms. The molecule has 0 bridgehead atoms. The van der Waals surface area contributed by atoms with E-state index in [2.05, 4.69) is 24.1 Å². The highest BCUT2D eigenvalue weighted by Gasteiger charge is 2.08. The minimum atomic E-state index is -0.306. The monoisotopic (exact) mass is 218 g/mol. The maximum atomic E-state index is 9.68. The SMILES string of the molecule is CCOCCN(C)CC(O)CNC(C)C. The molecule has 0 aliphatic rings. The van der Waals surface area contributed by atoms with Crippen molar-refractivity contribution in [3.05, 3.63) is 0 Å². The predicted octanol–water partition coefficient (Wildman–Crippen LogP) is 0.314. The summed E-state index contributed by atoms with van der Waals surface area (Å²) in [4.78, 5) is 2.09. The first kappa shape index (κ1) is 14.8. The first-order chi connectivity index (χ1) is 7.06. The molecular formula is C11H26N2O2. The van der Waals surface area contributed by atoms with Crippen LogP contribution in [0.3, 0.4) is 0 Å². The Morgan fingerprint density at radius 1 is 1.40 bits per heavy atom. The van der Waals surface area contributed by atoms with E-state index >= 15 is 0 Å². The minimum absolute atomic E-state index is 0.306. The third-order valence-corrected chi connectivity index (χ3v) is 2.11. The number of aliphatic hydroxyl groups is 1. The molecule has 0 amide bonds. The van der Waals surface area contributed by atoms with Gasteiger partial charge >= 0.3 is 0 Å². The number of ether oxygens (including phenoxy) is 1. The summed E-state index contributed by atoms with van der Waals surface area (Å²) in [5, 5.41) is 12.9. The zero-order valence-electron chi connectivity index (χ0n) is 10.5. The molecule has 0 aliphatic carbocycles. The third-order valence-electron chi connectivity index (χ3n) is 2.11. The summed E-state index contributed by atoms with van der Waals surface area (Å²) >= 11 is 0. The van der Waals surface area contributed by atoms with Gasteiger partial charge in [-0.05, 0) is 14.0 Å². The van der Waals surface area contributed by atoms with Crippen molar-refractivity contribution in [2.24, 2.45) is 0 Å². The number of aliphatic hydroxyl groups excluding tert-OH is 1. The number of hydrogen-bond acceptors (Lipinski definition) is 4. The van der Waals surface area contributed by atoms with Crippen LogP contribution in [0.5, 0.6) is 0 Å². The van der Waals surface area contributed by atoms with E-state index in [-0.39, 0.29) is 6.10 Å². The fourth-order valence-electron chi connectivity index (χ4n) is 1.25. The Bertz CT molecular complexity index is 143. The second-order valence-electron chi connectivity index (χ2n) is 4.18. The highest BCUT2D eigenvalue weighted by molar-refractivity contribution is 4.65. The molecule has 0 aliphatic heterocycles. The number of rotatable bonds is 9.